The first-order valence-corrected chi connectivity index (χ1v) is 7.72. The van der Waals surface area contributed by atoms with E-state index in [-0.39, 0.29) is 17.1 Å². The molecule has 20 heavy (non-hydrogen) atoms. The van der Waals surface area contributed by atoms with Crippen LogP contribution in [-0.2, 0) is 16.4 Å². The molecular weight excluding hydrogens is 276 g/mol. The first-order chi connectivity index (χ1) is 9.40. The van der Waals surface area contributed by atoms with Gasteiger partial charge in [-0.1, -0.05) is 0 Å². The summed E-state index contributed by atoms with van der Waals surface area (Å²) in [5.41, 5.74) is 8.82. The highest BCUT2D eigenvalue weighted by molar-refractivity contribution is 7.89. The molecule has 0 saturated heterocycles. The molecular formula is C13H18N4O2S. The number of nitrogens with zero attached hydrogens (tertiary/aromatic N) is 1. The largest absolute Gasteiger partial charge is 0.398 e. The molecule has 0 aliphatic heterocycles. The van der Waals surface area contributed by atoms with Gasteiger partial charge in [0.1, 0.15) is 4.90 Å². The number of hydrogen-bond acceptors (Lipinski definition) is 4. The molecule has 4 N–H and O–H groups in total. The van der Waals surface area contributed by atoms with Crippen LogP contribution in [-0.4, -0.2) is 24.9 Å². The summed E-state index contributed by atoms with van der Waals surface area (Å²) in [6.07, 6.45) is 3.77. The molecule has 0 aliphatic rings. The summed E-state index contributed by atoms with van der Waals surface area (Å²) in [4.78, 5) is 6.93. The predicted molar refractivity (Wildman–Crippen MR) is 77.8 cm³/mol. The Morgan fingerprint density at radius 2 is 2.00 bits per heavy atom. The Kier molecular flexibility index (Phi) is 4.10. The van der Waals surface area contributed by atoms with E-state index in [2.05, 4.69) is 14.7 Å². The molecule has 1 heterocycles. The Hall–Kier alpha value is -1.86. The lowest BCUT2D eigenvalue weighted by molar-refractivity contribution is 0.581. The number of nitrogens with one attached hydrogen (secondary N) is 2. The van der Waals surface area contributed by atoms with E-state index in [1.807, 2.05) is 13.8 Å². The second kappa shape index (κ2) is 5.64. The van der Waals surface area contributed by atoms with Gasteiger partial charge in [-0.05, 0) is 37.1 Å². The minimum Gasteiger partial charge on any atom is -0.398 e. The van der Waals surface area contributed by atoms with Crippen molar-refractivity contribution in [3.05, 3.63) is 41.5 Å². The van der Waals surface area contributed by atoms with E-state index >= 15 is 0 Å². The molecule has 1 aromatic carbocycles. The van der Waals surface area contributed by atoms with Crippen LogP contribution >= 0.6 is 0 Å². The van der Waals surface area contributed by atoms with Gasteiger partial charge in [0.15, 0.2) is 0 Å². The molecule has 7 heteroatoms. The number of sulfonamides is 1. The second-order valence-corrected chi connectivity index (χ2v) is 6.43. The maximum atomic E-state index is 12.2. The molecule has 0 saturated carbocycles. The third-order valence-corrected chi connectivity index (χ3v) is 4.67. The van der Waals surface area contributed by atoms with E-state index in [0.717, 1.165) is 16.8 Å². The van der Waals surface area contributed by atoms with Crippen molar-refractivity contribution in [3.63, 3.8) is 0 Å². The van der Waals surface area contributed by atoms with Crippen LogP contribution in [0.3, 0.4) is 0 Å². The third-order valence-electron chi connectivity index (χ3n) is 3.16. The summed E-state index contributed by atoms with van der Waals surface area (Å²) in [7, 11) is -3.59. The summed E-state index contributed by atoms with van der Waals surface area (Å²) in [5.74, 6) is 0. The van der Waals surface area contributed by atoms with Crippen LogP contribution in [0.2, 0.25) is 0 Å². The number of aromatic amines is 1. The molecule has 0 radical (unpaired) electrons. The van der Waals surface area contributed by atoms with Crippen molar-refractivity contribution in [1.29, 1.82) is 0 Å². The zero-order chi connectivity index (χ0) is 14.8. The zero-order valence-electron chi connectivity index (χ0n) is 11.5. The summed E-state index contributed by atoms with van der Waals surface area (Å²) in [6, 6.07) is 3.28. The molecule has 6 nitrogen and oxygen atoms in total. The number of H-pyrrole nitrogens is 1. The summed E-state index contributed by atoms with van der Waals surface area (Å²) >= 11 is 0. The number of nitrogens with two attached hydrogens (primary N) is 1. The molecule has 1 aromatic heterocycles. The molecule has 0 aliphatic carbocycles. The third kappa shape index (κ3) is 3.17. The standard InChI is InChI=1S/C13H18N4O2S/c1-9-5-12(14)13(6-10(9)2)20(18,19)17-4-3-11-7-15-8-16-11/h5-8,17H,3-4,14H2,1-2H3,(H,15,16). The van der Waals surface area contributed by atoms with E-state index in [4.69, 9.17) is 5.73 Å². The smallest absolute Gasteiger partial charge is 0.242 e. The molecule has 0 amide bonds. The van der Waals surface area contributed by atoms with Gasteiger partial charge in [0.2, 0.25) is 10.0 Å². The number of aryl methyl sites for hydroxylation is 2. The van der Waals surface area contributed by atoms with Crippen molar-refractivity contribution in [2.24, 2.45) is 0 Å². The Labute approximate surface area is 118 Å². The minimum absolute atomic E-state index is 0.130. The van der Waals surface area contributed by atoms with Gasteiger partial charge < -0.3 is 10.7 Å². The SMILES string of the molecule is Cc1cc(N)c(S(=O)(=O)NCCc2cnc[nH]2)cc1C. The first kappa shape index (κ1) is 14.5. The zero-order valence-corrected chi connectivity index (χ0v) is 12.3. The van der Waals surface area contributed by atoms with Crippen LogP contribution in [0.5, 0.6) is 0 Å². The maximum Gasteiger partial charge on any atom is 0.242 e. The van der Waals surface area contributed by atoms with Crippen LogP contribution in [0, 0.1) is 13.8 Å². The van der Waals surface area contributed by atoms with Gasteiger partial charge in [0, 0.05) is 24.9 Å². The van der Waals surface area contributed by atoms with Crippen molar-refractivity contribution in [1.82, 2.24) is 14.7 Å². The second-order valence-electron chi connectivity index (χ2n) is 4.70. The number of anilines is 1. The lowest BCUT2D eigenvalue weighted by Crippen LogP contribution is -2.27. The number of benzene rings is 1. The first-order valence-electron chi connectivity index (χ1n) is 6.24. The average Bonchev–Trinajstić information content (AvgIpc) is 2.86. The fourth-order valence-corrected chi connectivity index (χ4v) is 3.09. The lowest BCUT2D eigenvalue weighted by atomic mass is 10.1. The molecule has 2 aromatic rings. The number of nitrogen functional groups attached to an aromatic ring is 1. The predicted octanol–water partition coefficient (Wildman–Crippen LogP) is 1.13. The number of aromatic nitrogens is 2. The van der Waals surface area contributed by atoms with Crippen LogP contribution in [0.4, 0.5) is 5.69 Å². The van der Waals surface area contributed by atoms with Gasteiger partial charge in [-0.2, -0.15) is 0 Å². The Morgan fingerprint density at radius 1 is 1.30 bits per heavy atom. The van der Waals surface area contributed by atoms with E-state index in [9.17, 15) is 8.42 Å². The Balaban J connectivity index is 2.12. The maximum absolute atomic E-state index is 12.2. The van der Waals surface area contributed by atoms with Crippen molar-refractivity contribution >= 4 is 15.7 Å². The van der Waals surface area contributed by atoms with E-state index < -0.39 is 10.0 Å². The van der Waals surface area contributed by atoms with Crippen molar-refractivity contribution in [3.8, 4) is 0 Å². The van der Waals surface area contributed by atoms with Crippen molar-refractivity contribution in [2.75, 3.05) is 12.3 Å². The highest BCUT2D eigenvalue weighted by Gasteiger charge is 2.18. The van der Waals surface area contributed by atoms with Crippen LogP contribution < -0.4 is 10.5 Å². The molecule has 0 fully saturated rings. The molecule has 0 bridgehead atoms. The van der Waals surface area contributed by atoms with Gasteiger partial charge in [-0.15, -0.1) is 0 Å². The molecule has 2 rings (SSSR count). The highest BCUT2D eigenvalue weighted by Crippen LogP contribution is 2.22. The summed E-state index contributed by atoms with van der Waals surface area (Å²) in [5, 5.41) is 0. The fraction of sp³-hybridized carbons (Fsp3) is 0.308. The number of hydrogen-bond donors (Lipinski definition) is 3. The summed E-state index contributed by atoms with van der Waals surface area (Å²) < 4.78 is 27.0. The molecule has 0 atom stereocenters. The lowest BCUT2D eigenvalue weighted by Gasteiger charge is -2.11. The van der Waals surface area contributed by atoms with E-state index in [1.165, 1.54) is 0 Å². The van der Waals surface area contributed by atoms with Crippen LogP contribution in [0.15, 0.2) is 29.6 Å². The van der Waals surface area contributed by atoms with Crippen molar-refractivity contribution in [2.45, 2.75) is 25.2 Å². The molecule has 108 valence electrons. The van der Waals surface area contributed by atoms with Gasteiger partial charge in [-0.3, -0.25) is 0 Å². The average molecular weight is 294 g/mol. The molecule has 0 unspecified atom stereocenters. The van der Waals surface area contributed by atoms with E-state index in [1.54, 1.807) is 24.7 Å². The fourth-order valence-electron chi connectivity index (χ4n) is 1.86. The monoisotopic (exact) mass is 294 g/mol. The van der Waals surface area contributed by atoms with Crippen molar-refractivity contribution < 1.29 is 8.42 Å². The van der Waals surface area contributed by atoms with Crippen LogP contribution in [0.25, 0.3) is 0 Å². The number of imidazole rings is 1. The van der Waals surface area contributed by atoms with E-state index in [0.29, 0.717) is 6.42 Å². The quantitative estimate of drug-likeness (QED) is 0.719. The normalized spacial score (nSPS) is 11.7. The summed E-state index contributed by atoms with van der Waals surface area (Å²) in [6.45, 7) is 4.04. The Morgan fingerprint density at radius 3 is 2.65 bits per heavy atom. The Bertz CT molecular complexity index is 693. The van der Waals surface area contributed by atoms with Gasteiger partial charge in [0.05, 0.1) is 12.0 Å². The minimum atomic E-state index is -3.59. The highest BCUT2D eigenvalue weighted by atomic mass is 32.2. The number of rotatable bonds is 5. The van der Waals surface area contributed by atoms with Gasteiger partial charge in [0.25, 0.3) is 0 Å². The topological polar surface area (TPSA) is 101 Å². The molecule has 0 spiro atoms. The van der Waals surface area contributed by atoms with Crippen LogP contribution in [0.1, 0.15) is 16.8 Å². The van der Waals surface area contributed by atoms with Gasteiger partial charge in [-0.25, -0.2) is 18.1 Å². The van der Waals surface area contributed by atoms with Gasteiger partial charge >= 0.3 is 0 Å².